The molecule has 2 nitrogen and oxygen atoms in total. The van der Waals surface area contributed by atoms with E-state index in [0.29, 0.717) is 0 Å². The van der Waals surface area contributed by atoms with E-state index in [0.717, 1.165) is 0 Å². The van der Waals surface area contributed by atoms with Crippen LogP contribution in [-0.4, -0.2) is 25.4 Å². The zero-order valence-corrected chi connectivity index (χ0v) is 5.30. The monoisotopic (exact) mass is 199 g/mol. The predicted molar refractivity (Wildman–Crippen MR) is 24.0 cm³/mol. The van der Waals surface area contributed by atoms with Crippen molar-refractivity contribution in [2.45, 2.75) is 0 Å². The van der Waals surface area contributed by atoms with Gasteiger partial charge in [-0.2, -0.15) is 0 Å². The van der Waals surface area contributed by atoms with Gasteiger partial charge in [-0.25, -0.2) is 0 Å². The van der Waals surface area contributed by atoms with Gasteiger partial charge in [0.2, 0.25) is 0 Å². The van der Waals surface area contributed by atoms with Crippen LogP contribution >= 0.6 is 0 Å². The Bertz CT molecular complexity index is 149. The van der Waals surface area contributed by atoms with Crippen LogP contribution in [0.3, 0.4) is 0 Å². The topological polar surface area (TPSA) is 32.9 Å². The fourth-order valence-electron chi connectivity index (χ4n) is 0.232. The third-order valence-electron chi connectivity index (χ3n) is 0.444. The predicted octanol–water partition coefficient (Wildman–Crippen LogP) is -0.568. The van der Waals surface area contributed by atoms with Crippen molar-refractivity contribution in [1.82, 2.24) is 4.98 Å². The fourth-order valence-corrected chi connectivity index (χ4v) is 1.36. The summed E-state index contributed by atoms with van der Waals surface area (Å²) < 4.78 is 2.15. The van der Waals surface area contributed by atoms with E-state index in [4.69, 9.17) is 0 Å². The first kappa shape index (κ1) is 4.17. The van der Waals surface area contributed by atoms with Crippen molar-refractivity contribution in [3.05, 3.63) is 18.6 Å². The van der Waals surface area contributed by atoms with Crippen molar-refractivity contribution in [1.29, 1.82) is 0 Å². The summed E-state index contributed by atoms with van der Waals surface area (Å²) in [5.41, 5.74) is 0. The van der Waals surface area contributed by atoms with Crippen molar-refractivity contribution >= 4 is 20.4 Å². The van der Waals surface area contributed by atoms with E-state index in [1.54, 1.807) is 6.20 Å². The van der Waals surface area contributed by atoms with Crippen molar-refractivity contribution in [3.8, 4) is 0 Å². The molecule has 3 heteroatoms. The summed E-state index contributed by atoms with van der Waals surface area (Å²) in [4.78, 5) is 12.7. The summed E-state index contributed by atoms with van der Waals surface area (Å²) in [6.07, 6.45) is 1.71. The minimum absolute atomic E-state index is 0.223. The van der Waals surface area contributed by atoms with Gasteiger partial charge in [0.15, 0.2) is 0 Å². The van der Waals surface area contributed by atoms with Gasteiger partial charge in [0, 0.05) is 0 Å². The number of aromatic nitrogens is 1. The average molecular weight is 197 g/mol. The van der Waals surface area contributed by atoms with Gasteiger partial charge in [0.1, 0.15) is 0 Å². The zero-order chi connectivity index (χ0) is 4.41. The van der Waals surface area contributed by atoms with Crippen molar-refractivity contribution in [2.24, 2.45) is 0 Å². The summed E-state index contributed by atoms with van der Waals surface area (Å²) in [5, 5.41) is 0. The molecule has 0 saturated heterocycles. The molecular formula is C3H3NOTe. The van der Waals surface area contributed by atoms with Gasteiger partial charge in [0.05, 0.1) is 0 Å². The first-order valence-corrected chi connectivity index (χ1v) is 4.03. The minimum atomic E-state index is -0.398. The molecule has 0 aliphatic carbocycles. The van der Waals surface area contributed by atoms with Gasteiger partial charge in [0.25, 0.3) is 0 Å². The van der Waals surface area contributed by atoms with Gasteiger partial charge in [-0.05, 0) is 0 Å². The molecule has 0 saturated carbocycles. The number of hydrogen-bond acceptors (Lipinski definition) is 1. The van der Waals surface area contributed by atoms with E-state index in [1.807, 2.05) is 4.08 Å². The standard InChI is InChI=1S/C3H3NOTe/c5-3-4-1-2-6-3/h1-2H,(H,4,5). The third-order valence-corrected chi connectivity index (χ3v) is 2.17. The molecule has 1 aromatic rings. The van der Waals surface area contributed by atoms with Crippen molar-refractivity contribution in [3.63, 3.8) is 0 Å². The van der Waals surface area contributed by atoms with Gasteiger partial charge in [-0.15, -0.1) is 0 Å². The molecule has 0 fully saturated rings. The summed E-state index contributed by atoms with van der Waals surface area (Å²) in [6, 6.07) is 0. The van der Waals surface area contributed by atoms with Crippen LogP contribution in [0.4, 0.5) is 0 Å². The molecule has 1 aromatic heterocycles. The zero-order valence-electron chi connectivity index (χ0n) is 2.97. The first-order chi connectivity index (χ1) is 2.89. The summed E-state index contributed by atoms with van der Waals surface area (Å²) in [6.45, 7) is 0. The summed E-state index contributed by atoms with van der Waals surface area (Å²) >= 11 is -0.398. The van der Waals surface area contributed by atoms with E-state index < -0.39 is 20.4 Å². The van der Waals surface area contributed by atoms with Crippen LogP contribution in [-0.2, 0) is 0 Å². The number of hydrogen-bond donors (Lipinski definition) is 1. The second-order valence-corrected chi connectivity index (χ2v) is 3.36. The molecule has 32 valence electrons. The molecule has 0 bridgehead atoms. The summed E-state index contributed by atoms with van der Waals surface area (Å²) in [5.74, 6) is 0. The Morgan fingerprint density at radius 2 is 2.67 bits per heavy atom. The molecule has 6 heavy (non-hydrogen) atoms. The van der Waals surface area contributed by atoms with Crippen LogP contribution in [0.25, 0.3) is 0 Å². The Balaban J connectivity index is 3.41. The van der Waals surface area contributed by atoms with Gasteiger partial charge in [-0.3, -0.25) is 0 Å². The van der Waals surface area contributed by atoms with Crippen LogP contribution in [0.1, 0.15) is 0 Å². The normalized spacial score (nSPS) is 8.67. The molecule has 1 rings (SSSR count). The van der Waals surface area contributed by atoms with Crippen LogP contribution in [0.2, 0.25) is 0 Å². The molecule has 0 unspecified atom stereocenters. The summed E-state index contributed by atoms with van der Waals surface area (Å²) in [7, 11) is 0. The Hall–Kier alpha value is -0.000390. The second kappa shape index (κ2) is 1.63. The Kier molecular flexibility index (Phi) is 1.13. The van der Waals surface area contributed by atoms with Gasteiger partial charge in [-0.1, -0.05) is 0 Å². The molecule has 0 atom stereocenters. The molecular weight excluding hydrogens is 194 g/mol. The molecule has 0 aliphatic heterocycles. The Morgan fingerprint density at radius 1 is 1.83 bits per heavy atom. The van der Waals surface area contributed by atoms with Gasteiger partial charge >= 0.3 is 44.1 Å². The number of H-pyrrole nitrogens is 1. The Morgan fingerprint density at radius 3 is 2.83 bits per heavy atom. The number of nitrogens with one attached hydrogen (secondary N) is 1. The molecule has 0 aromatic carbocycles. The van der Waals surface area contributed by atoms with Crippen LogP contribution in [0.15, 0.2) is 15.1 Å². The number of aromatic amines is 1. The SMILES string of the molecule is O=c1[nH]cc[te]1. The van der Waals surface area contributed by atoms with E-state index >= 15 is 0 Å². The van der Waals surface area contributed by atoms with Crippen molar-refractivity contribution in [2.75, 3.05) is 0 Å². The molecule has 1 heterocycles. The first-order valence-electron chi connectivity index (χ1n) is 1.52. The Labute approximate surface area is 44.4 Å². The van der Waals surface area contributed by atoms with Crippen molar-refractivity contribution < 1.29 is 0 Å². The van der Waals surface area contributed by atoms with E-state index in [1.165, 1.54) is 0 Å². The average Bonchev–Trinajstić information content (AvgIpc) is 1.86. The molecule has 0 amide bonds. The van der Waals surface area contributed by atoms with E-state index in [2.05, 4.69) is 4.98 Å². The maximum atomic E-state index is 10.1. The van der Waals surface area contributed by atoms with Crippen LogP contribution in [0.5, 0.6) is 0 Å². The molecule has 1 N–H and O–H groups in total. The molecule has 0 aliphatic rings. The van der Waals surface area contributed by atoms with E-state index in [9.17, 15) is 4.79 Å². The van der Waals surface area contributed by atoms with E-state index in [-0.39, 0.29) is 3.58 Å². The quantitative estimate of drug-likeness (QED) is 0.554. The fraction of sp³-hybridized carbons (Fsp3) is 0. The van der Waals surface area contributed by atoms with Crippen LogP contribution in [0, 0.1) is 0 Å². The second-order valence-electron chi connectivity index (χ2n) is 0.852. The number of rotatable bonds is 0. The molecule has 0 spiro atoms. The third kappa shape index (κ3) is 0.735. The van der Waals surface area contributed by atoms with Crippen LogP contribution < -0.4 is 3.58 Å². The molecule has 0 radical (unpaired) electrons. The van der Waals surface area contributed by atoms with Gasteiger partial charge < -0.3 is 0 Å². The maximum absolute atomic E-state index is 10.1.